The summed E-state index contributed by atoms with van der Waals surface area (Å²) >= 11 is 5.88. The number of anilines is 2. The Labute approximate surface area is 218 Å². The SMILES string of the molecule is Cc1cc([C@@H](C)Nc2ccc(Cl)nc2C(=O)O)c2nc(N3CC4C(F)C4C3)n3cc(C(F)(F)F)nc3c2c1. The lowest BCUT2D eigenvalue weighted by atomic mass is 10.0. The van der Waals surface area contributed by atoms with Crippen LogP contribution in [-0.4, -0.2) is 49.7 Å². The molecule has 3 atom stereocenters. The summed E-state index contributed by atoms with van der Waals surface area (Å²) in [6.07, 6.45) is -4.63. The number of carboxylic acid groups (broad SMARTS) is 1. The summed E-state index contributed by atoms with van der Waals surface area (Å²) in [5.41, 5.74) is 0.786. The number of benzene rings is 1. The molecule has 1 saturated heterocycles. The number of imidazole rings is 1. The molecule has 0 radical (unpaired) electrons. The number of carbonyl (C=O) groups is 1. The van der Waals surface area contributed by atoms with Gasteiger partial charge < -0.3 is 15.3 Å². The Morgan fingerprint density at radius 3 is 2.55 bits per heavy atom. The van der Waals surface area contributed by atoms with Gasteiger partial charge in [0, 0.05) is 42.1 Å². The van der Waals surface area contributed by atoms with Gasteiger partial charge in [-0.3, -0.25) is 4.40 Å². The maximum Gasteiger partial charge on any atom is 0.434 e. The Hall–Kier alpha value is -3.67. The van der Waals surface area contributed by atoms with Crippen molar-refractivity contribution in [2.45, 2.75) is 32.2 Å². The van der Waals surface area contributed by atoms with Gasteiger partial charge in [-0.2, -0.15) is 13.2 Å². The summed E-state index contributed by atoms with van der Waals surface area (Å²) in [4.78, 5) is 26.1. The fourth-order valence-electron chi connectivity index (χ4n) is 5.31. The van der Waals surface area contributed by atoms with E-state index in [9.17, 15) is 27.5 Å². The van der Waals surface area contributed by atoms with Crippen LogP contribution < -0.4 is 10.2 Å². The standard InChI is InChI=1S/C25H21ClF4N6O2/c1-10-5-12(11(2)31-16-3-4-18(26)33-21(16)23(37)38)20-13(6-10)22-32-17(25(28,29)30)9-36(22)24(34-20)35-7-14-15(8-35)19(14)27/h3-6,9,11,14-15,19,31H,7-8H2,1-2H3,(H,37,38)/t11-,14?,15?,19?/m1/s1. The lowest BCUT2D eigenvalue weighted by Gasteiger charge is -2.23. The smallest absolute Gasteiger partial charge is 0.434 e. The van der Waals surface area contributed by atoms with Gasteiger partial charge in [0.05, 0.1) is 17.2 Å². The molecule has 3 aromatic heterocycles. The fourth-order valence-corrected chi connectivity index (χ4v) is 5.46. The number of alkyl halides is 4. The topological polar surface area (TPSA) is 95.6 Å². The van der Waals surface area contributed by atoms with Crippen molar-refractivity contribution in [3.63, 3.8) is 0 Å². The number of pyridine rings is 1. The molecule has 198 valence electrons. The van der Waals surface area contributed by atoms with Gasteiger partial charge >= 0.3 is 12.1 Å². The van der Waals surface area contributed by atoms with E-state index in [0.717, 1.165) is 11.8 Å². The number of carboxylic acids is 1. The van der Waals surface area contributed by atoms with E-state index in [0.29, 0.717) is 29.6 Å². The van der Waals surface area contributed by atoms with Gasteiger partial charge in [-0.1, -0.05) is 17.7 Å². The van der Waals surface area contributed by atoms with Crippen molar-refractivity contribution in [3.8, 4) is 0 Å². The largest absolute Gasteiger partial charge is 0.476 e. The number of hydrogen-bond acceptors (Lipinski definition) is 6. The molecule has 4 heterocycles. The normalized spacial score (nSPS) is 21.7. The molecule has 2 fully saturated rings. The lowest BCUT2D eigenvalue weighted by molar-refractivity contribution is -0.140. The van der Waals surface area contributed by atoms with Crippen molar-refractivity contribution in [2.24, 2.45) is 11.8 Å². The molecule has 2 unspecified atom stereocenters. The Kier molecular flexibility index (Phi) is 5.46. The fraction of sp³-hybridized carbons (Fsp3) is 0.360. The van der Waals surface area contributed by atoms with E-state index in [-0.39, 0.29) is 40.0 Å². The number of aromatic carboxylic acids is 1. The number of piperidine rings is 1. The van der Waals surface area contributed by atoms with Crippen molar-refractivity contribution in [1.82, 2.24) is 19.4 Å². The van der Waals surface area contributed by atoms with Gasteiger partial charge in [-0.05, 0) is 37.6 Å². The molecule has 4 aromatic rings. The van der Waals surface area contributed by atoms with Crippen molar-refractivity contribution in [1.29, 1.82) is 0 Å². The van der Waals surface area contributed by atoms with Crippen molar-refractivity contribution in [2.75, 3.05) is 23.3 Å². The lowest BCUT2D eigenvalue weighted by Crippen LogP contribution is -2.27. The van der Waals surface area contributed by atoms with Crippen molar-refractivity contribution < 1.29 is 27.5 Å². The van der Waals surface area contributed by atoms with Crippen LogP contribution in [0.4, 0.5) is 29.2 Å². The van der Waals surface area contributed by atoms with Gasteiger partial charge in [0.1, 0.15) is 17.0 Å². The number of aromatic nitrogens is 4. The molecule has 0 spiro atoms. The van der Waals surface area contributed by atoms with Gasteiger partial charge in [0.2, 0.25) is 5.95 Å². The molecule has 6 rings (SSSR count). The first-order valence-corrected chi connectivity index (χ1v) is 12.3. The monoisotopic (exact) mass is 548 g/mol. The Morgan fingerprint density at radius 2 is 1.89 bits per heavy atom. The second-order valence-electron chi connectivity index (χ2n) is 9.86. The predicted molar refractivity (Wildman–Crippen MR) is 133 cm³/mol. The third-order valence-corrected chi connectivity index (χ3v) is 7.43. The van der Waals surface area contributed by atoms with Crippen LogP contribution in [0, 0.1) is 18.8 Å². The third kappa shape index (κ3) is 3.98. The molecule has 8 nitrogen and oxygen atoms in total. The average Bonchev–Trinajstić information content (AvgIpc) is 3.24. The van der Waals surface area contributed by atoms with E-state index in [1.807, 2.05) is 6.07 Å². The molecular formula is C25H21ClF4N6O2. The Bertz CT molecular complexity index is 1610. The summed E-state index contributed by atoms with van der Waals surface area (Å²) in [6.45, 7) is 4.29. The van der Waals surface area contributed by atoms with Crippen LogP contribution in [0.1, 0.15) is 40.3 Å². The maximum absolute atomic E-state index is 13.9. The van der Waals surface area contributed by atoms with Crippen LogP contribution in [0.15, 0.2) is 30.5 Å². The maximum atomic E-state index is 13.9. The molecule has 1 aliphatic heterocycles. The molecule has 2 N–H and O–H groups in total. The third-order valence-electron chi connectivity index (χ3n) is 7.22. The number of rotatable bonds is 5. The zero-order chi connectivity index (χ0) is 27.1. The minimum Gasteiger partial charge on any atom is -0.476 e. The molecule has 0 amide bonds. The van der Waals surface area contributed by atoms with E-state index in [1.54, 1.807) is 24.8 Å². The van der Waals surface area contributed by atoms with Crippen LogP contribution in [0.25, 0.3) is 16.6 Å². The molecule has 1 aromatic carbocycles. The summed E-state index contributed by atoms with van der Waals surface area (Å²) < 4.78 is 56.3. The number of halogens is 5. The highest BCUT2D eigenvalue weighted by Crippen LogP contribution is 2.49. The predicted octanol–water partition coefficient (Wildman–Crippen LogP) is 5.53. The highest BCUT2D eigenvalue weighted by Gasteiger charge is 2.57. The zero-order valence-corrected chi connectivity index (χ0v) is 20.8. The first-order valence-electron chi connectivity index (χ1n) is 11.9. The Balaban J connectivity index is 1.52. The van der Waals surface area contributed by atoms with E-state index in [4.69, 9.17) is 16.6 Å². The van der Waals surface area contributed by atoms with Crippen LogP contribution in [0.3, 0.4) is 0 Å². The first-order chi connectivity index (χ1) is 17.9. The first kappa shape index (κ1) is 24.7. The summed E-state index contributed by atoms with van der Waals surface area (Å²) in [7, 11) is 0. The van der Waals surface area contributed by atoms with E-state index >= 15 is 0 Å². The van der Waals surface area contributed by atoms with Crippen LogP contribution >= 0.6 is 11.6 Å². The minimum absolute atomic E-state index is 0.0225. The molecule has 0 bridgehead atoms. The summed E-state index contributed by atoms with van der Waals surface area (Å²) in [5, 5.41) is 13.1. The average molecular weight is 549 g/mol. The van der Waals surface area contributed by atoms with Crippen molar-refractivity contribution in [3.05, 3.63) is 58.1 Å². The van der Waals surface area contributed by atoms with Gasteiger partial charge in [-0.25, -0.2) is 24.1 Å². The number of nitrogens with one attached hydrogen (secondary N) is 1. The molecule has 1 aliphatic carbocycles. The summed E-state index contributed by atoms with van der Waals surface area (Å²) in [6, 6.07) is 5.98. The van der Waals surface area contributed by atoms with Crippen LogP contribution in [0.5, 0.6) is 0 Å². The van der Waals surface area contributed by atoms with Crippen LogP contribution in [-0.2, 0) is 6.18 Å². The molecule has 38 heavy (non-hydrogen) atoms. The van der Waals surface area contributed by atoms with Gasteiger partial charge in [0.25, 0.3) is 0 Å². The molecule has 1 saturated carbocycles. The van der Waals surface area contributed by atoms with E-state index in [2.05, 4.69) is 15.3 Å². The minimum atomic E-state index is -4.66. The number of hydrogen-bond donors (Lipinski definition) is 2. The second kappa shape index (κ2) is 8.42. The highest BCUT2D eigenvalue weighted by molar-refractivity contribution is 6.29. The van der Waals surface area contributed by atoms with E-state index < -0.39 is 30.1 Å². The Morgan fingerprint density at radius 1 is 1.18 bits per heavy atom. The van der Waals surface area contributed by atoms with Crippen LogP contribution in [0.2, 0.25) is 5.15 Å². The number of fused-ring (bicyclic) bond motifs is 4. The van der Waals surface area contributed by atoms with Crippen molar-refractivity contribution >= 4 is 45.8 Å². The highest BCUT2D eigenvalue weighted by atomic mass is 35.5. The van der Waals surface area contributed by atoms with E-state index in [1.165, 1.54) is 16.5 Å². The number of nitrogens with zero attached hydrogens (tertiary/aromatic N) is 5. The quantitative estimate of drug-likeness (QED) is 0.250. The molecular weight excluding hydrogens is 528 g/mol. The molecule has 13 heteroatoms. The number of aryl methyl sites for hydroxylation is 1. The zero-order valence-electron chi connectivity index (χ0n) is 20.1. The summed E-state index contributed by atoms with van der Waals surface area (Å²) in [5.74, 6) is -1.32. The van der Waals surface area contributed by atoms with Gasteiger partial charge in [-0.15, -0.1) is 0 Å². The molecule has 2 aliphatic rings. The second-order valence-corrected chi connectivity index (χ2v) is 10.2. The van der Waals surface area contributed by atoms with Gasteiger partial charge in [0.15, 0.2) is 11.4 Å².